The minimum absolute atomic E-state index is 0. The van der Waals surface area contributed by atoms with Crippen molar-refractivity contribution in [1.82, 2.24) is 10.2 Å². The number of benzene rings is 1. The fourth-order valence-corrected chi connectivity index (χ4v) is 3.40. The van der Waals surface area contributed by atoms with Crippen LogP contribution in [0, 0.1) is 5.92 Å². The van der Waals surface area contributed by atoms with Gasteiger partial charge in [0.05, 0.1) is 11.1 Å². The molecule has 2 aliphatic rings. The Morgan fingerprint density at radius 1 is 1.00 bits per heavy atom. The quantitative estimate of drug-likeness (QED) is 0.721. The zero-order chi connectivity index (χ0) is 18.2. The van der Waals surface area contributed by atoms with Crippen LogP contribution in [0.4, 0.5) is 26.3 Å². The number of hydrogen-bond donors (Lipinski definition) is 1. The van der Waals surface area contributed by atoms with Crippen LogP contribution in [0.25, 0.3) is 0 Å². The van der Waals surface area contributed by atoms with E-state index in [0.717, 1.165) is 25.0 Å². The maximum atomic E-state index is 13.5. The fraction of sp³-hybridized carbons (Fsp3) is 0.647. The third kappa shape index (κ3) is 5.04. The molecule has 1 aromatic carbocycles. The molecule has 9 heteroatoms. The van der Waals surface area contributed by atoms with Crippen molar-refractivity contribution in [2.45, 2.75) is 37.7 Å². The minimum Gasteiger partial charge on any atom is -0.314 e. The van der Waals surface area contributed by atoms with Crippen LogP contribution in [0.15, 0.2) is 18.2 Å². The molecule has 2 nitrogen and oxygen atoms in total. The van der Waals surface area contributed by atoms with Crippen molar-refractivity contribution in [1.29, 1.82) is 0 Å². The van der Waals surface area contributed by atoms with Gasteiger partial charge in [-0.3, -0.25) is 4.90 Å². The maximum Gasteiger partial charge on any atom is 0.416 e. The van der Waals surface area contributed by atoms with Gasteiger partial charge in [0.1, 0.15) is 0 Å². The Balaban J connectivity index is 0.00000243. The highest BCUT2D eigenvalue weighted by molar-refractivity contribution is 5.85. The van der Waals surface area contributed by atoms with Gasteiger partial charge in [-0.25, -0.2) is 0 Å². The van der Waals surface area contributed by atoms with Crippen molar-refractivity contribution >= 4 is 12.4 Å². The van der Waals surface area contributed by atoms with Crippen molar-refractivity contribution in [2.24, 2.45) is 5.92 Å². The molecule has 1 saturated heterocycles. The molecule has 0 radical (unpaired) electrons. The molecule has 0 unspecified atom stereocenters. The third-order valence-corrected chi connectivity index (χ3v) is 4.89. The second-order valence-electron chi connectivity index (χ2n) is 6.78. The summed E-state index contributed by atoms with van der Waals surface area (Å²) in [5.41, 5.74) is -2.45. The maximum absolute atomic E-state index is 13.5. The summed E-state index contributed by atoms with van der Waals surface area (Å²) in [6.45, 7) is 2.53. The number of halogens is 7. The average molecular weight is 403 g/mol. The second kappa shape index (κ2) is 7.94. The Morgan fingerprint density at radius 2 is 1.62 bits per heavy atom. The molecule has 1 saturated carbocycles. The van der Waals surface area contributed by atoms with E-state index in [9.17, 15) is 26.3 Å². The standard InChI is InChI=1S/C17H20F6N2.ClH/c18-16(19,20)12-3-4-13(14(10-12)17(21,22)23)15(9-11-1-2-11)25-7-5-24-6-8-25;/h3-4,10-11,15,24H,1-2,5-9H2;1H/t15-;/m1./s1. The molecule has 26 heavy (non-hydrogen) atoms. The molecule has 0 spiro atoms. The van der Waals surface area contributed by atoms with Crippen LogP contribution in [-0.4, -0.2) is 31.1 Å². The van der Waals surface area contributed by atoms with Crippen LogP contribution in [0.3, 0.4) is 0 Å². The van der Waals surface area contributed by atoms with Gasteiger partial charge in [0.2, 0.25) is 0 Å². The molecule has 1 N–H and O–H groups in total. The summed E-state index contributed by atoms with van der Waals surface area (Å²) in [5.74, 6) is 0.364. The first-order valence-corrected chi connectivity index (χ1v) is 8.39. The molecule has 3 rings (SSSR count). The van der Waals surface area contributed by atoms with Crippen LogP contribution in [-0.2, 0) is 12.4 Å². The lowest BCUT2D eigenvalue weighted by Gasteiger charge is -2.36. The van der Waals surface area contributed by atoms with Crippen molar-refractivity contribution in [2.75, 3.05) is 26.2 Å². The van der Waals surface area contributed by atoms with E-state index < -0.39 is 29.5 Å². The molecule has 1 aliphatic carbocycles. The zero-order valence-corrected chi connectivity index (χ0v) is 14.8. The zero-order valence-electron chi connectivity index (χ0n) is 14.0. The van der Waals surface area contributed by atoms with E-state index >= 15 is 0 Å². The van der Waals surface area contributed by atoms with Crippen molar-refractivity contribution in [3.8, 4) is 0 Å². The van der Waals surface area contributed by atoms with Gasteiger partial charge in [-0.2, -0.15) is 26.3 Å². The Morgan fingerprint density at radius 3 is 2.12 bits per heavy atom. The Kier molecular flexibility index (Phi) is 6.51. The van der Waals surface area contributed by atoms with Gasteiger partial charge in [0.15, 0.2) is 0 Å². The van der Waals surface area contributed by atoms with Crippen LogP contribution >= 0.6 is 12.4 Å². The van der Waals surface area contributed by atoms with Gasteiger partial charge >= 0.3 is 12.4 Å². The van der Waals surface area contributed by atoms with Crippen molar-refractivity contribution in [3.05, 3.63) is 34.9 Å². The van der Waals surface area contributed by atoms with Crippen LogP contribution < -0.4 is 5.32 Å². The van der Waals surface area contributed by atoms with Crippen LogP contribution in [0.5, 0.6) is 0 Å². The SMILES string of the molecule is Cl.FC(F)(F)c1ccc([C@@H](CC2CC2)N2CCNCC2)c(C(F)(F)F)c1. The predicted molar refractivity (Wildman–Crippen MR) is 88.2 cm³/mol. The summed E-state index contributed by atoms with van der Waals surface area (Å²) in [6, 6.07) is 1.57. The molecule has 2 fully saturated rings. The monoisotopic (exact) mass is 402 g/mol. The van der Waals surface area contributed by atoms with E-state index in [1.165, 1.54) is 0 Å². The molecule has 148 valence electrons. The highest BCUT2D eigenvalue weighted by Crippen LogP contribution is 2.45. The normalized spacial score (nSPS) is 20.5. The number of nitrogens with zero attached hydrogens (tertiary/aromatic N) is 1. The van der Waals surface area contributed by atoms with E-state index in [0.29, 0.717) is 38.5 Å². The second-order valence-corrected chi connectivity index (χ2v) is 6.78. The summed E-state index contributed by atoms with van der Waals surface area (Å²) >= 11 is 0. The first-order valence-electron chi connectivity index (χ1n) is 8.39. The molecular weight excluding hydrogens is 382 g/mol. The number of rotatable bonds is 4. The highest BCUT2D eigenvalue weighted by atomic mass is 35.5. The Bertz CT molecular complexity index is 606. The van der Waals surface area contributed by atoms with E-state index in [1.807, 2.05) is 4.90 Å². The van der Waals surface area contributed by atoms with Gasteiger partial charge < -0.3 is 5.32 Å². The average Bonchev–Trinajstić information content (AvgIpc) is 3.35. The first-order chi connectivity index (χ1) is 11.7. The van der Waals surface area contributed by atoms with E-state index in [2.05, 4.69) is 5.32 Å². The van der Waals surface area contributed by atoms with E-state index in [-0.39, 0.29) is 24.0 Å². The third-order valence-electron chi connectivity index (χ3n) is 4.89. The van der Waals surface area contributed by atoms with Crippen molar-refractivity contribution in [3.63, 3.8) is 0 Å². The molecule has 1 atom stereocenters. The van der Waals surface area contributed by atoms with Crippen molar-refractivity contribution < 1.29 is 26.3 Å². The molecule has 1 aromatic rings. The highest BCUT2D eigenvalue weighted by Gasteiger charge is 2.41. The van der Waals surface area contributed by atoms with Gasteiger partial charge in [-0.05, 0) is 30.0 Å². The van der Waals surface area contributed by atoms with Gasteiger partial charge in [0, 0.05) is 32.2 Å². The largest absolute Gasteiger partial charge is 0.416 e. The molecule has 0 amide bonds. The van der Waals surface area contributed by atoms with Crippen LogP contribution in [0.2, 0.25) is 0 Å². The summed E-state index contributed by atoms with van der Waals surface area (Å²) in [6.07, 6.45) is -7.09. The molecule has 0 aromatic heterocycles. The molecular formula is C17H21ClF6N2. The van der Waals surface area contributed by atoms with E-state index in [1.54, 1.807) is 0 Å². The lowest BCUT2D eigenvalue weighted by Crippen LogP contribution is -2.45. The molecule has 1 heterocycles. The van der Waals surface area contributed by atoms with Gasteiger partial charge in [-0.1, -0.05) is 18.9 Å². The number of alkyl halides is 6. The number of nitrogens with one attached hydrogen (secondary N) is 1. The molecule has 1 aliphatic heterocycles. The van der Waals surface area contributed by atoms with Gasteiger partial charge in [-0.15, -0.1) is 12.4 Å². The summed E-state index contributed by atoms with van der Waals surface area (Å²) < 4.78 is 79.1. The Hall–Kier alpha value is -0.990. The van der Waals surface area contributed by atoms with Crippen LogP contribution in [0.1, 0.15) is 42.0 Å². The lowest BCUT2D eigenvalue weighted by atomic mass is 9.92. The molecule has 0 bridgehead atoms. The topological polar surface area (TPSA) is 15.3 Å². The summed E-state index contributed by atoms with van der Waals surface area (Å²) in [5, 5.41) is 3.15. The predicted octanol–water partition coefficient (Wildman–Crippen LogP) is 4.89. The summed E-state index contributed by atoms with van der Waals surface area (Å²) in [4.78, 5) is 1.96. The smallest absolute Gasteiger partial charge is 0.314 e. The van der Waals surface area contributed by atoms with Gasteiger partial charge in [0.25, 0.3) is 0 Å². The fourth-order valence-electron chi connectivity index (χ4n) is 3.40. The minimum atomic E-state index is -4.81. The number of hydrogen-bond acceptors (Lipinski definition) is 2. The first kappa shape index (κ1) is 21.3. The lowest BCUT2D eigenvalue weighted by molar-refractivity contribution is -0.143. The number of piperazine rings is 1. The Labute approximate surface area is 154 Å². The van der Waals surface area contributed by atoms with E-state index in [4.69, 9.17) is 0 Å². The summed E-state index contributed by atoms with van der Waals surface area (Å²) in [7, 11) is 0.